The van der Waals surface area contributed by atoms with Crippen LogP contribution in [0.15, 0.2) is 22.7 Å². The fraction of sp³-hybridized carbons (Fsp3) is 0.462. The highest BCUT2D eigenvalue weighted by molar-refractivity contribution is 9.10. The van der Waals surface area contributed by atoms with Crippen LogP contribution in [-0.2, 0) is 0 Å². The van der Waals surface area contributed by atoms with E-state index in [9.17, 15) is 4.79 Å². The summed E-state index contributed by atoms with van der Waals surface area (Å²) in [5.74, 6) is 0.0634. The molecule has 0 saturated carbocycles. The number of nitrogens with zero attached hydrogens (tertiary/aromatic N) is 1. The van der Waals surface area contributed by atoms with Gasteiger partial charge in [0.05, 0.1) is 5.56 Å². The molecule has 1 aliphatic rings. The van der Waals surface area contributed by atoms with Crippen molar-refractivity contribution in [1.29, 1.82) is 0 Å². The van der Waals surface area contributed by atoms with Crippen LogP contribution in [0.3, 0.4) is 0 Å². The van der Waals surface area contributed by atoms with Crippen molar-refractivity contribution in [3.8, 4) is 0 Å². The number of amides is 1. The molecule has 5 heteroatoms. The zero-order chi connectivity index (χ0) is 13.1. The number of hydrogen-bond donors (Lipinski definition) is 0. The van der Waals surface area contributed by atoms with Gasteiger partial charge in [0.1, 0.15) is 0 Å². The van der Waals surface area contributed by atoms with Crippen molar-refractivity contribution in [2.24, 2.45) is 0 Å². The van der Waals surface area contributed by atoms with Crippen molar-refractivity contribution in [2.45, 2.75) is 25.3 Å². The van der Waals surface area contributed by atoms with Crippen molar-refractivity contribution in [3.63, 3.8) is 0 Å². The summed E-state index contributed by atoms with van der Waals surface area (Å²) >= 11 is 12.9. The van der Waals surface area contributed by atoms with E-state index >= 15 is 0 Å². The van der Waals surface area contributed by atoms with Gasteiger partial charge in [-0.1, -0.05) is 27.5 Å². The molecule has 1 amide bonds. The maximum atomic E-state index is 12.6. The smallest absolute Gasteiger partial charge is 0.255 e. The average Bonchev–Trinajstić information content (AvgIpc) is 2.40. The van der Waals surface area contributed by atoms with E-state index in [0.717, 1.165) is 29.2 Å². The first-order valence-electron chi connectivity index (χ1n) is 5.95. The minimum absolute atomic E-state index is 0.0634. The van der Waals surface area contributed by atoms with Crippen molar-refractivity contribution >= 4 is 49.4 Å². The van der Waals surface area contributed by atoms with E-state index in [-0.39, 0.29) is 11.9 Å². The summed E-state index contributed by atoms with van der Waals surface area (Å²) in [5, 5.41) is 1.42. The highest BCUT2D eigenvalue weighted by Gasteiger charge is 2.27. The number of alkyl halides is 1. The van der Waals surface area contributed by atoms with Gasteiger partial charge in [-0.25, -0.2) is 0 Å². The molecule has 18 heavy (non-hydrogen) atoms. The second-order valence-electron chi connectivity index (χ2n) is 4.43. The lowest BCUT2D eigenvalue weighted by Crippen LogP contribution is -2.44. The van der Waals surface area contributed by atoms with Gasteiger partial charge in [0.25, 0.3) is 5.91 Å². The number of halogens is 3. The summed E-state index contributed by atoms with van der Waals surface area (Å²) in [5.41, 5.74) is 0.648. The molecule has 1 atom stereocenters. The Hall–Kier alpha value is -0.0600. The van der Waals surface area contributed by atoms with Gasteiger partial charge >= 0.3 is 0 Å². The van der Waals surface area contributed by atoms with Crippen LogP contribution in [0.4, 0.5) is 0 Å². The molecule has 0 aromatic heterocycles. The van der Waals surface area contributed by atoms with Gasteiger partial charge in [0.15, 0.2) is 0 Å². The Morgan fingerprint density at radius 2 is 2.22 bits per heavy atom. The number of hydrogen-bond acceptors (Lipinski definition) is 1. The minimum Gasteiger partial charge on any atom is -0.335 e. The molecule has 1 aromatic rings. The number of piperidine rings is 1. The van der Waals surface area contributed by atoms with Gasteiger partial charge in [-0.05, 0) is 53.4 Å². The SMILES string of the molecule is O=C(c1cc(Cl)ccc1Br)N1CCCCC1CBr. The number of benzene rings is 1. The van der Waals surface area contributed by atoms with E-state index < -0.39 is 0 Å². The first-order valence-corrected chi connectivity index (χ1v) is 8.24. The van der Waals surface area contributed by atoms with Crippen LogP contribution in [0.25, 0.3) is 0 Å². The first-order chi connectivity index (χ1) is 8.63. The summed E-state index contributed by atoms with van der Waals surface area (Å²) in [7, 11) is 0. The van der Waals surface area contributed by atoms with Crippen LogP contribution in [-0.4, -0.2) is 28.7 Å². The second kappa shape index (κ2) is 6.40. The first kappa shape index (κ1) is 14.4. The molecule has 2 rings (SSSR count). The predicted molar refractivity (Wildman–Crippen MR) is 81.6 cm³/mol. The van der Waals surface area contributed by atoms with E-state index in [0.29, 0.717) is 10.6 Å². The topological polar surface area (TPSA) is 20.3 Å². The molecular weight excluding hydrogens is 381 g/mol. The van der Waals surface area contributed by atoms with Crippen LogP contribution in [0.2, 0.25) is 5.02 Å². The number of rotatable bonds is 2. The van der Waals surface area contributed by atoms with E-state index in [2.05, 4.69) is 31.9 Å². The molecule has 2 nitrogen and oxygen atoms in total. The Balaban J connectivity index is 2.26. The van der Waals surface area contributed by atoms with Gasteiger partial charge in [-0.2, -0.15) is 0 Å². The van der Waals surface area contributed by atoms with Crippen molar-refractivity contribution in [1.82, 2.24) is 4.90 Å². The lowest BCUT2D eigenvalue weighted by Gasteiger charge is -2.35. The highest BCUT2D eigenvalue weighted by Crippen LogP contribution is 2.26. The maximum Gasteiger partial charge on any atom is 0.255 e. The minimum atomic E-state index is 0.0634. The van der Waals surface area contributed by atoms with Gasteiger partial charge in [-0.15, -0.1) is 0 Å². The number of carbonyl (C=O) groups excluding carboxylic acids is 1. The number of likely N-dealkylation sites (tertiary alicyclic amines) is 1. The molecular formula is C13H14Br2ClNO. The Bertz CT molecular complexity index is 453. The van der Waals surface area contributed by atoms with Gasteiger partial charge < -0.3 is 4.90 Å². The standard InChI is InChI=1S/C13H14Br2ClNO/c14-8-10-3-1-2-6-17(10)13(18)11-7-9(16)4-5-12(11)15/h4-5,7,10H,1-3,6,8H2. The quantitative estimate of drug-likeness (QED) is 0.676. The Morgan fingerprint density at radius 1 is 1.44 bits per heavy atom. The van der Waals surface area contributed by atoms with E-state index in [1.165, 1.54) is 6.42 Å². The van der Waals surface area contributed by atoms with Crippen molar-refractivity contribution in [2.75, 3.05) is 11.9 Å². The van der Waals surface area contributed by atoms with Crippen LogP contribution in [0, 0.1) is 0 Å². The highest BCUT2D eigenvalue weighted by atomic mass is 79.9. The summed E-state index contributed by atoms with van der Waals surface area (Å²) in [6.45, 7) is 0.827. The fourth-order valence-electron chi connectivity index (χ4n) is 2.24. The molecule has 98 valence electrons. The molecule has 1 heterocycles. The monoisotopic (exact) mass is 393 g/mol. The third-order valence-electron chi connectivity index (χ3n) is 3.22. The van der Waals surface area contributed by atoms with Gasteiger partial charge in [0.2, 0.25) is 0 Å². The largest absolute Gasteiger partial charge is 0.335 e. The Labute approximate surface area is 129 Å². The van der Waals surface area contributed by atoms with Gasteiger partial charge in [-0.3, -0.25) is 4.79 Å². The molecule has 1 saturated heterocycles. The molecule has 0 N–H and O–H groups in total. The number of carbonyl (C=O) groups is 1. The normalized spacial score (nSPS) is 19.9. The lowest BCUT2D eigenvalue weighted by atomic mass is 10.0. The molecule has 1 aromatic carbocycles. The van der Waals surface area contributed by atoms with Crippen LogP contribution in [0.1, 0.15) is 29.6 Å². The molecule has 0 spiro atoms. The molecule has 1 aliphatic heterocycles. The third kappa shape index (κ3) is 3.09. The van der Waals surface area contributed by atoms with Gasteiger partial charge in [0, 0.05) is 27.4 Å². The predicted octanol–water partition coefficient (Wildman–Crippen LogP) is 4.49. The molecule has 1 unspecified atom stereocenters. The summed E-state index contributed by atoms with van der Waals surface area (Å²) in [6.07, 6.45) is 3.33. The lowest BCUT2D eigenvalue weighted by molar-refractivity contribution is 0.0641. The maximum absolute atomic E-state index is 12.6. The van der Waals surface area contributed by atoms with Crippen molar-refractivity contribution in [3.05, 3.63) is 33.3 Å². The van der Waals surface area contributed by atoms with E-state index in [4.69, 9.17) is 11.6 Å². The van der Waals surface area contributed by atoms with E-state index in [1.807, 2.05) is 11.0 Å². The average molecular weight is 396 g/mol. The van der Waals surface area contributed by atoms with Crippen LogP contribution >= 0.6 is 43.5 Å². The second-order valence-corrected chi connectivity index (χ2v) is 6.36. The van der Waals surface area contributed by atoms with E-state index in [1.54, 1.807) is 12.1 Å². The Morgan fingerprint density at radius 3 is 2.94 bits per heavy atom. The molecule has 0 aliphatic carbocycles. The molecule has 0 bridgehead atoms. The summed E-state index contributed by atoms with van der Waals surface area (Å²) < 4.78 is 0.802. The Kier molecular flexibility index (Phi) is 5.10. The zero-order valence-corrected chi connectivity index (χ0v) is 13.8. The summed E-state index contributed by atoms with van der Waals surface area (Å²) in [4.78, 5) is 14.5. The molecule has 1 fully saturated rings. The summed E-state index contributed by atoms with van der Waals surface area (Å²) in [6, 6.07) is 5.62. The third-order valence-corrected chi connectivity index (χ3v) is 4.90. The van der Waals surface area contributed by atoms with Crippen molar-refractivity contribution < 1.29 is 4.79 Å². The van der Waals surface area contributed by atoms with Crippen LogP contribution in [0.5, 0.6) is 0 Å². The zero-order valence-electron chi connectivity index (χ0n) is 9.83. The fourth-order valence-corrected chi connectivity index (χ4v) is 3.51. The molecule has 0 radical (unpaired) electrons. The van der Waals surface area contributed by atoms with Crippen LogP contribution < -0.4 is 0 Å².